The van der Waals surface area contributed by atoms with E-state index in [1.54, 1.807) is 0 Å². The first-order valence-corrected chi connectivity index (χ1v) is 7.77. The molecule has 3 heterocycles. The highest BCUT2D eigenvalue weighted by Gasteiger charge is 2.16. The second-order valence-electron chi connectivity index (χ2n) is 5.55. The van der Waals surface area contributed by atoms with Crippen LogP contribution in [0.25, 0.3) is 0 Å². The Balaban J connectivity index is 1.50. The fourth-order valence-electron chi connectivity index (χ4n) is 2.76. The molecule has 2 aliphatic heterocycles. The lowest BCUT2D eigenvalue weighted by molar-refractivity contribution is 0.0525. The minimum atomic E-state index is -0.143. The molecule has 5 heteroatoms. The van der Waals surface area contributed by atoms with Crippen LogP contribution in [0.4, 0.5) is 0 Å². The fourth-order valence-corrected chi connectivity index (χ4v) is 2.76. The van der Waals surface area contributed by atoms with Crippen molar-refractivity contribution in [3.63, 3.8) is 0 Å². The van der Waals surface area contributed by atoms with Gasteiger partial charge in [-0.3, -0.25) is 4.79 Å². The predicted molar refractivity (Wildman–Crippen MR) is 78.9 cm³/mol. The van der Waals surface area contributed by atoms with E-state index in [2.05, 4.69) is 26.7 Å². The van der Waals surface area contributed by atoms with E-state index in [0.717, 1.165) is 51.1 Å². The molecule has 0 aromatic carbocycles. The van der Waals surface area contributed by atoms with Gasteiger partial charge in [-0.1, -0.05) is 11.8 Å². The summed E-state index contributed by atoms with van der Waals surface area (Å²) in [7, 11) is 0. The normalized spacial score (nSPS) is 21.0. The molecule has 1 atom stereocenters. The molecule has 5 nitrogen and oxygen atoms in total. The molecular formula is C16H21N3O2. The van der Waals surface area contributed by atoms with Crippen LogP contribution in [0, 0.1) is 11.8 Å². The predicted octanol–water partition coefficient (Wildman–Crippen LogP) is 1.52. The number of carbonyl (C=O) groups excluding carboxylic acids is 1. The molecule has 21 heavy (non-hydrogen) atoms. The number of hydrogen-bond donors (Lipinski definition) is 1. The van der Waals surface area contributed by atoms with Crippen molar-refractivity contribution in [1.82, 2.24) is 14.9 Å². The summed E-state index contributed by atoms with van der Waals surface area (Å²) in [6.45, 7) is 2.11. The number of rotatable bonds is 2. The zero-order valence-corrected chi connectivity index (χ0v) is 12.2. The number of imidazole rings is 1. The smallest absolute Gasteiger partial charge is 0.272 e. The van der Waals surface area contributed by atoms with E-state index in [-0.39, 0.29) is 12.0 Å². The Hall–Kier alpha value is -1.80. The summed E-state index contributed by atoms with van der Waals surface area (Å²) < 4.78 is 7.61. The highest BCUT2D eigenvalue weighted by atomic mass is 16.5. The van der Waals surface area contributed by atoms with Crippen LogP contribution in [0.15, 0.2) is 6.20 Å². The third kappa shape index (κ3) is 3.64. The molecule has 1 saturated heterocycles. The summed E-state index contributed by atoms with van der Waals surface area (Å²) in [5.41, 5.74) is 0.502. The molecule has 0 spiro atoms. The van der Waals surface area contributed by atoms with Gasteiger partial charge < -0.3 is 14.6 Å². The first-order valence-electron chi connectivity index (χ1n) is 7.77. The van der Waals surface area contributed by atoms with Crippen molar-refractivity contribution in [2.24, 2.45) is 0 Å². The molecular weight excluding hydrogens is 266 g/mol. The van der Waals surface area contributed by atoms with Crippen molar-refractivity contribution in [2.45, 2.75) is 51.2 Å². The number of nitrogens with one attached hydrogen (secondary N) is 1. The first-order chi connectivity index (χ1) is 10.3. The van der Waals surface area contributed by atoms with Crippen LogP contribution < -0.4 is 5.32 Å². The Morgan fingerprint density at radius 1 is 1.43 bits per heavy atom. The van der Waals surface area contributed by atoms with Crippen LogP contribution in [0.3, 0.4) is 0 Å². The van der Waals surface area contributed by atoms with E-state index in [1.165, 1.54) is 6.42 Å². The summed E-state index contributed by atoms with van der Waals surface area (Å²) in [5, 5.41) is 2.80. The molecule has 0 aliphatic carbocycles. The quantitative estimate of drug-likeness (QED) is 0.839. The van der Waals surface area contributed by atoms with Crippen molar-refractivity contribution in [3.8, 4) is 11.8 Å². The maximum atomic E-state index is 12.0. The monoisotopic (exact) mass is 287 g/mol. The van der Waals surface area contributed by atoms with E-state index < -0.39 is 0 Å². The number of amides is 1. The lowest BCUT2D eigenvalue weighted by atomic mass is 10.1. The number of hydrogen-bond acceptors (Lipinski definition) is 3. The zero-order chi connectivity index (χ0) is 14.5. The van der Waals surface area contributed by atoms with Gasteiger partial charge in [0.05, 0.1) is 6.54 Å². The number of aryl methyl sites for hydroxylation is 2. The van der Waals surface area contributed by atoms with Crippen LogP contribution >= 0.6 is 0 Å². The highest BCUT2D eigenvalue weighted by molar-refractivity contribution is 5.92. The Morgan fingerprint density at radius 2 is 2.38 bits per heavy atom. The number of aromatic nitrogens is 2. The van der Waals surface area contributed by atoms with Crippen molar-refractivity contribution in [2.75, 3.05) is 13.2 Å². The van der Waals surface area contributed by atoms with E-state index in [0.29, 0.717) is 12.2 Å². The molecule has 0 radical (unpaired) electrons. The average Bonchev–Trinajstić information content (AvgIpc) is 2.96. The summed E-state index contributed by atoms with van der Waals surface area (Å²) in [6, 6.07) is 0. The van der Waals surface area contributed by atoms with Gasteiger partial charge in [-0.15, -0.1) is 0 Å². The van der Waals surface area contributed by atoms with Crippen LogP contribution in [0.2, 0.25) is 0 Å². The van der Waals surface area contributed by atoms with Gasteiger partial charge in [0.15, 0.2) is 0 Å². The van der Waals surface area contributed by atoms with E-state index >= 15 is 0 Å². The topological polar surface area (TPSA) is 56.1 Å². The van der Waals surface area contributed by atoms with Crippen molar-refractivity contribution < 1.29 is 9.53 Å². The second-order valence-corrected chi connectivity index (χ2v) is 5.55. The lowest BCUT2D eigenvalue weighted by Gasteiger charge is -2.17. The third-order valence-electron chi connectivity index (χ3n) is 3.92. The van der Waals surface area contributed by atoms with Crippen molar-refractivity contribution in [3.05, 3.63) is 17.7 Å². The third-order valence-corrected chi connectivity index (χ3v) is 3.92. The number of nitrogens with zero attached hydrogens (tertiary/aromatic N) is 2. The second kappa shape index (κ2) is 6.77. The fraction of sp³-hybridized carbons (Fsp3) is 0.625. The van der Waals surface area contributed by atoms with Gasteiger partial charge in [-0.25, -0.2) is 4.98 Å². The Bertz CT molecular complexity index is 538. The standard InChI is InChI=1S/C16H21N3O2/c20-16(14-12-19-10-3-1-8-15(19)18-14)17-9-5-7-13-6-2-4-11-21-13/h12-13H,1-4,6,8-11H2,(H,17,20). The molecule has 3 rings (SSSR count). The Morgan fingerprint density at radius 3 is 3.19 bits per heavy atom. The maximum Gasteiger partial charge on any atom is 0.272 e. The van der Waals surface area contributed by atoms with E-state index in [1.807, 2.05) is 6.20 Å². The lowest BCUT2D eigenvalue weighted by Crippen LogP contribution is -2.24. The molecule has 1 N–H and O–H groups in total. The number of fused-ring (bicyclic) bond motifs is 1. The average molecular weight is 287 g/mol. The molecule has 1 amide bonds. The van der Waals surface area contributed by atoms with E-state index in [9.17, 15) is 4.79 Å². The molecule has 0 bridgehead atoms. The highest BCUT2D eigenvalue weighted by Crippen LogP contribution is 2.14. The summed E-state index contributed by atoms with van der Waals surface area (Å²) in [6.07, 6.45) is 8.46. The molecule has 1 aromatic heterocycles. The van der Waals surface area contributed by atoms with Gasteiger partial charge in [0, 0.05) is 25.8 Å². The number of carbonyl (C=O) groups is 1. The first kappa shape index (κ1) is 14.2. The van der Waals surface area contributed by atoms with Gasteiger partial charge in [0.2, 0.25) is 0 Å². The van der Waals surface area contributed by atoms with E-state index in [4.69, 9.17) is 4.74 Å². The van der Waals surface area contributed by atoms with Gasteiger partial charge >= 0.3 is 0 Å². The molecule has 0 saturated carbocycles. The molecule has 2 aliphatic rings. The summed E-state index contributed by atoms with van der Waals surface area (Å²) in [5.74, 6) is 6.92. The summed E-state index contributed by atoms with van der Waals surface area (Å²) in [4.78, 5) is 16.4. The van der Waals surface area contributed by atoms with Crippen LogP contribution in [0.5, 0.6) is 0 Å². The van der Waals surface area contributed by atoms with Crippen LogP contribution in [0.1, 0.15) is 48.4 Å². The molecule has 112 valence electrons. The molecule has 1 fully saturated rings. The Labute approximate surface area is 125 Å². The molecule has 1 aromatic rings. The van der Waals surface area contributed by atoms with Crippen molar-refractivity contribution >= 4 is 5.91 Å². The van der Waals surface area contributed by atoms with Gasteiger partial charge in [0.1, 0.15) is 17.6 Å². The van der Waals surface area contributed by atoms with Gasteiger partial charge in [0.25, 0.3) is 5.91 Å². The maximum absolute atomic E-state index is 12.0. The zero-order valence-electron chi connectivity index (χ0n) is 12.2. The summed E-state index contributed by atoms with van der Waals surface area (Å²) >= 11 is 0. The van der Waals surface area contributed by atoms with Gasteiger partial charge in [-0.2, -0.15) is 0 Å². The van der Waals surface area contributed by atoms with Gasteiger partial charge in [-0.05, 0) is 32.1 Å². The SMILES string of the molecule is O=C(NCC#CC1CCCCO1)c1cn2c(n1)CCCC2. The number of ether oxygens (including phenoxy) is 1. The largest absolute Gasteiger partial charge is 0.366 e. The van der Waals surface area contributed by atoms with Crippen LogP contribution in [-0.2, 0) is 17.7 Å². The molecule has 1 unspecified atom stereocenters. The van der Waals surface area contributed by atoms with Crippen molar-refractivity contribution in [1.29, 1.82) is 0 Å². The minimum absolute atomic E-state index is 0.0376. The van der Waals surface area contributed by atoms with Crippen LogP contribution in [-0.4, -0.2) is 34.7 Å². The minimum Gasteiger partial charge on any atom is -0.366 e. The Kier molecular flexibility index (Phi) is 4.56.